The van der Waals surface area contributed by atoms with Gasteiger partial charge in [-0.1, -0.05) is 11.6 Å². The maximum atomic E-state index is 12.2. The lowest BCUT2D eigenvalue weighted by Crippen LogP contribution is -2.24. The Morgan fingerprint density at radius 1 is 1.20 bits per heavy atom. The zero-order valence-electron chi connectivity index (χ0n) is 13.4. The van der Waals surface area contributed by atoms with Crippen molar-refractivity contribution in [2.75, 3.05) is 6.61 Å². The molecule has 2 aromatic carbocycles. The van der Waals surface area contributed by atoms with Gasteiger partial charge in [0, 0.05) is 5.02 Å². The topological polar surface area (TPSA) is 103 Å². The molecule has 0 unspecified atom stereocenters. The Hall–Kier alpha value is -3.06. The number of hydrazone groups is 1. The van der Waals surface area contributed by atoms with E-state index in [1.807, 2.05) is 0 Å². The quantitative estimate of drug-likeness (QED) is 0.357. The van der Waals surface area contributed by atoms with Gasteiger partial charge >= 0.3 is 12.0 Å². The van der Waals surface area contributed by atoms with Gasteiger partial charge in [0.25, 0.3) is 0 Å². The van der Waals surface area contributed by atoms with E-state index < -0.39 is 12.0 Å². The zero-order chi connectivity index (χ0) is 18.2. The highest BCUT2D eigenvalue weighted by atomic mass is 35.5. The minimum atomic E-state index is -0.769. The largest absolute Gasteiger partial charge is 0.490 e. The highest BCUT2D eigenvalue weighted by Crippen LogP contribution is 2.29. The molecule has 0 fully saturated rings. The summed E-state index contributed by atoms with van der Waals surface area (Å²) in [6.45, 7) is 2.19. The molecule has 0 bridgehead atoms. The third-order valence-corrected chi connectivity index (χ3v) is 3.19. The molecule has 0 saturated heterocycles. The van der Waals surface area contributed by atoms with Gasteiger partial charge in [-0.25, -0.2) is 15.0 Å². The first kappa shape index (κ1) is 18.3. The number of urea groups is 1. The lowest BCUT2D eigenvalue weighted by Gasteiger charge is -2.11. The maximum Gasteiger partial charge on any atom is 0.343 e. The van der Waals surface area contributed by atoms with Crippen LogP contribution in [0.25, 0.3) is 0 Å². The number of halogens is 1. The number of nitrogens with zero attached hydrogens (tertiary/aromatic N) is 1. The highest BCUT2D eigenvalue weighted by Gasteiger charge is 2.13. The summed E-state index contributed by atoms with van der Waals surface area (Å²) in [7, 11) is 0. The number of rotatable bonds is 6. The number of amides is 2. The summed E-state index contributed by atoms with van der Waals surface area (Å²) in [5.74, 6) is 0.101. The zero-order valence-corrected chi connectivity index (χ0v) is 14.1. The van der Waals surface area contributed by atoms with E-state index in [2.05, 4.69) is 10.5 Å². The molecule has 0 aliphatic heterocycles. The lowest BCUT2D eigenvalue weighted by molar-refractivity contribution is 0.0728. The Balaban J connectivity index is 2.18. The first-order chi connectivity index (χ1) is 12.0. The summed E-state index contributed by atoms with van der Waals surface area (Å²) in [6.07, 6.45) is 1.39. The maximum absolute atomic E-state index is 12.2. The molecular formula is C17H16ClN3O4. The number of hydrogen-bond acceptors (Lipinski definition) is 5. The lowest BCUT2D eigenvalue weighted by atomic mass is 10.2. The average Bonchev–Trinajstić information content (AvgIpc) is 2.57. The third-order valence-electron chi connectivity index (χ3n) is 2.94. The Kier molecular flexibility index (Phi) is 6.36. The first-order valence-electron chi connectivity index (χ1n) is 7.32. The van der Waals surface area contributed by atoms with Crippen LogP contribution in [0.3, 0.4) is 0 Å². The number of nitrogens with one attached hydrogen (secondary N) is 1. The number of carbonyl (C=O) groups excluding carboxylic acids is 2. The molecular weight excluding hydrogens is 346 g/mol. The summed E-state index contributed by atoms with van der Waals surface area (Å²) in [5.41, 5.74) is 8.01. The van der Waals surface area contributed by atoms with E-state index in [1.165, 1.54) is 6.21 Å². The Morgan fingerprint density at radius 2 is 1.92 bits per heavy atom. The van der Waals surface area contributed by atoms with Crippen LogP contribution < -0.4 is 20.6 Å². The molecule has 0 aromatic heterocycles. The van der Waals surface area contributed by atoms with Crippen LogP contribution in [0, 0.1) is 0 Å². The monoisotopic (exact) mass is 361 g/mol. The van der Waals surface area contributed by atoms with Crippen LogP contribution in [0.5, 0.6) is 11.5 Å². The molecule has 2 aromatic rings. The van der Waals surface area contributed by atoms with Gasteiger partial charge in [-0.05, 0) is 55.0 Å². The molecule has 0 aliphatic rings. The molecule has 0 atom stereocenters. The molecule has 3 N–H and O–H groups in total. The van der Waals surface area contributed by atoms with Gasteiger partial charge in [-0.15, -0.1) is 0 Å². The molecule has 2 rings (SSSR count). The van der Waals surface area contributed by atoms with E-state index in [0.29, 0.717) is 28.5 Å². The van der Waals surface area contributed by atoms with Crippen LogP contribution in [0.15, 0.2) is 47.6 Å². The Bertz CT molecular complexity index is 791. The van der Waals surface area contributed by atoms with Crippen LogP contribution in [0.4, 0.5) is 4.79 Å². The van der Waals surface area contributed by atoms with E-state index >= 15 is 0 Å². The second-order valence-electron chi connectivity index (χ2n) is 4.77. The molecule has 0 aliphatic carbocycles. The smallest absolute Gasteiger partial charge is 0.343 e. The number of esters is 1. The SMILES string of the molecule is CCOc1cc(/C=N/NC(N)=O)ccc1OC(=O)c1ccc(Cl)cc1. The van der Waals surface area contributed by atoms with Crippen LogP contribution in [0.1, 0.15) is 22.8 Å². The van der Waals surface area contributed by atoms with Crippen molar-refractivity contribution >= 4 is 29.8 Å². The fourth-order valence-corrected chi connectivity index (χ4v) is 2.00. The Morgan fingerprint density at radius 3 is 2.56 bits per heavy atom. The normalized spacial score (nSPS) is 10.5. The van der Waals surface area contributed by atoms with E-state index in [0.717, 1.165) is 0 Å². The number of primary amides is 1. The van der Waals surface area contributed by atoms with Gasteiger partial charge in [0.2, 0.25) is 0 Å². The number of ether oxygens (including phenoxy) is 2. The van der Waals surface area contributed by atoms with Gasteiger partial charge in [-0.2, -0.15) is 5.10 Å². The van der Waals surface area contributed by atoms with Crippen molar-refractivity contribution in [2.45, 2.75) is 6.92 Å². The van der Waals surface area contributed by atoms with Crippen LogP contribution in [-0.4, -0.2) is 24.8 Å². The number of nitrogens with two attached hydrogens (primary N) is 1. The molecule has 0 heterocycles. The van der Waals surface area contributed by atoms with Crippen molar-refractivity contribution in [3.8, 4) is 11.5 Å². The van der Waals surface area contributed by atoms with E-state index in [1.54, 1.807) is 49.4 Å². The molecule has 130 valence electrons. The van der Waals surface area contributed by atoms with Gasteiger partial charge in [0.05, 0.1) is 18.4 Å². The van der Waals surface area contributed by atoms with Crippen LogP contribution in [-0.2, 0) is 0 Å². The van der Waals surface area contributed by atoms with Gasteiger partial charge in [0.1, 0.15) is 0 Å². The predicted octanol–water partition coefficient (Wildman–Crippen LogP) is 2.96. The summed E-state index contributed by atoms with van der Waals surface area (Å²) < 4.78 is 10.9. The molecule has 8 heteroatoms. The molecule has 0 spiro atoms. The van der Waals surface area contributed by atoms with Gasteiger partial charge in [0.15, 0.2) is 11.5 Å². The van der Waals surface area contributed by atoms with E-state index in [9.17, 15) is 9.59 Å². The summed E-state index contributed by atoms with van der Waals surface area (Å²) in [5, 5.41) is 4.19. The fraction of sp³-hybridized carbons (Fsp3) is 0.118. The van der Waals surface area contributed by atoms with Crippen molar-refractivity contribution < 1.29 is 19.1 Å². The highest BCUT2D eigenvalue weighted by molar-refractivity contribution is 6.30. The van der Waals surface area contributed by atoms with Crippen LogP contribution >= 0.6 is 11.6 Å². The molecule has 7 nitrogen and oxygen atoms in total. The number of carbonyl (C=O) groups is 2. The predicted molar refractivity (Wildman–Crippen MR) is 94.3 cm³/mol. The second kappa shape index (κ2) is 8.70. The minimum absolute atomic E-state index is 0.266. The van der Waals surface area contributed by atoms with Gasteiger partial charge < -0.3 is 15.2 Å². The minimum Gasteiger partial charge on any atom is -0.490 e. The molecule has 25 heavy (non-hydrogen) atoms. The fourth-order valence-electron chi connectivity index (χ4n) is 1.87. The van der Waals surface area contributed by atoms with Crippen molar-refractivity contribution in [1.29, 1.82) is 0 Å². The summed E-state index contributed by atoms with van der Waals surface area (Å²) >= 11 is 5.80. The van der Waals surface area contributed by atoms with Crippen LogP contribution in [0.2, 0.25) is 5.02 Å². The molecule has 0 radical (unpaired) electrons. The first-order valence-corrected chi connectivity index (χ1v) is 7.70. The molecule has 0 saturated carbocycles. The Labute approximate surface area is 149 Å². The van der Waals surface area contributed by atoms with Gasteiger partial charge in [-0.3, -0.25) is 0 Å². The standard InChI is InChI=1S/C17H16ClN3O4/c1-2-24-15-9-11(10-20-21-17(19)23)3-8-14(15)25-16(22)12-4-6-13(18)7-5-12/h3-10H,2H2,1H3,(H3,19,21,23)/b20-10+. The summed E-state index contributed by atoms with van der Waals surface area (Å²) in [6, 6.07) is 10.4. The second-order valence-corrected chi connectivity index (χ2v) is 5.21. The molecule has 2 amide bonds. The number of hydrogen-bond donors (Lipinski definition) is 2. The number of benzene rings is 2. The van der Waals surface area contributed by atoms with Crippen molar-refractivity contribution in [2.24, 2.45) is 10.8 Å². The van der Waals surface area contributed by atoms with E-state index in [-0.39, 0.29) is 5.75 Å². The van der Waals surface area contributed by atoms with Crippen molar-refractivity contribution in [3.05, 3.63) is 58.6 Å². The van der Waals surface area contributed by atoms with E-state index in [4.69, 9.17) is 26.8 Å². The third kappa shape index (κ3) is 5.50. The average molecular weight is 362 g/mol. The van der Waals surface area contributed by atoms with Crippen molar-refractivity contribution in [1.82, 2.24) is 5.43 Å². The van der Waals surface area contributed by atoms with Crippen molar-refractivity contribution in [3.63, 3.8) is 0 Å². The summed E-state index contributed by atoms with van der Waals surface area (Å²) in [4.78, 5) is 22.8.